The zero-order chi connectivity index (χ0) is 49.4. The molecule has 1 aromatic heterocycles. The summed E-state index contributed by atoms with van der Waals surface area (Å²) in [6.45, 7) is 0. The third kappa shape index (κ3) is 7.19. The van der Waals surface area contributed by atoms with E-state index in [-0.39, 0.29) is 0 Å². The summed E-state index contributed by atoms with van der Waals surface area (Å²) in [5.74, 6) is 0. The van der Waals surface area contributed by atoms with Gasteiger partial charge in [0.1, 0.15) is 0 Å². The van der Waals surface area contributed by atoms with Crippen molar-refractivity contribution in [3.05, 3.63) is 279 Å². The van der Waals surface area contributed by atoms with Crippen LogP contribution in [0, 0.1) is 0 Å². The van der Waals surface area contributed by atoms with Gasteiger partial charge in [-0.3, -0.25) is 0 Å². The molecule has 0 saturated heterocycles. The summed E-state index contributed by atoms with van der Waals surface area (Å²) >= 11 is 1.88. The van der Waals surface area contributed by atoms with Crippen LogP contribution in [-0.2, 0) is 0 Å². The van der Waals surface area contributed by atoms with Crippen LogP contribution < -0.4 is 0 Å². The molecule has 0 unspecified atom stereocenters. The molecule has 0 bridgehead atoms. The molecule has 14 aromatic carbocycles. The lowest BCUT2D eigenvalue weighted by atomic mass is 9.84. The first-order valence-corrected chi connectivity index (χ1v) is 26.7. The van der Waals surface area contributed by atoms with Gasteiger partial charge in [-0.15, -0.1) is 11.3 Å². The topological polar surface area (TPSA) is 0 Å². The van der Waals surface area contributed by atoms with Gasteiger partial charge >= 0.3 is 0 Å². The van der Waals surface area contributed by atoms with Crippen LogP contribution in [0.1, 0.15) is 0 Å². The summed E-state index contributed by atoms with van der Waals surface area (Å²) in [5.41, 5.74) is 14.9. The van der Waals surface area contributed by atoms with Gasteiger partial charge < -0.3 is 0 Å². The number of fused-ring (bicyclic) bond motifs is 7. The molecule has 15 aromatic rings. The highest BCUT2D eigenvalue weighted by atomic mass is 32.1. The second kappa shape index (κ2) is 17.7. The summed E-state index contributed by atoms with van der Waals surface area (Å²) in [4.78, 5) is 2.51. The van der Waals surface area contributed by atoms with Gasteiger partial charge in [0, 0.05) is 15.3 Å². The van der Waals surface area contributed by atoms with Crippen LogP contribution in [0.25, 0.3) is 152 Å². The van der Waals surface area contributed by atoms with Crippen LogP contribution in [0.4, 0.5) is 0 Å². The maximum Gasteiger partial charge on any atom is 0.0427 e. The van der Waals surface area contributed by atoms with E-state index in [4.69, 9.17) is 0 Å². The highest BCUT2D eigenvalue weighted by molar-refractivity contribution is 7.19. The van der Waals surface area contributed by atoms with E-state index >= 15 is 0 Å². The van der Waals surface area contributed by atoms with E-state index in [0.29, 0.717) is 0 Å². The largest absolute Gasteiger partial charge is 0.135 e. The van der Waals surface area contributed by atoms with E-state index < -0.39 is 0 Å². The first-order valence-electron chi connectivity index (χ1n) is 25.9. The van der Waals surface area contributed by atoms with Gasteiger partial charge in [-0.05, 0) is 167 Å². The van der Waals surface area contributed by atoms with Crippen molar-refractivity contribution in [3.63, 3.8) is 0 Å². The van der Waals surface area contributed by atoms with Gasteiger partial charge in [0.05, 0.1) is 0 Å². The Morgan fingerprint density at radius 1 is 0.187 bits per heavy atom. The highest BCUT2D eigenvalue weighted by Gasteiger charge is 2.21. The van der Waals surface area contributed by atoms with Gasteiger partial charge in [0.15, 0.2) is 0 Å². The lowest BCUT2D eigenvalue weighted by Crippen LogP contribution is -1.91. The molecule has 0 aliphatic carbocycles. The highest BCUT2D eigenvalue weighted by Crippen LogP contribution is 2.49. The quantitative estimate of drug-likeness (QED) is 0.140. The SMILES string of the molecule is c1ccc(-c2sc(-c3cccc(-c4c5ccccc5c(-c5cccc6ccccc56)c5ccccc45)c3)cc2-c2ccc3cc(-c4c5ccccc5c(-c5ccc6ccccc6c5)c5ccccc45)ccc3c2)cc1. The van der Waals surface area contributed by atoms with Crippen LogP contribution in [0.5, 0.6) is 0 Å². The number of rotatable bonds is 7. The molecule has 0 N–H and O–H groups in total. The Labute approximate surface area is 439 Å². The minimum atomic E-state index is 1.21. The molecule has 0 spiro atoms. The van der Waals surface area contributed by atoms with Crippen molar-refractivity contribution in [1.29, 1.82) is 0 Å². The lowest BCUT2D eigenvalue weighted by Gasteiger charge is -2.19. The first-order chi connectivity index (χ1) is 37.2. The van der Waals surface area contributed by atoms with Crippen LogP contribution in [0.2, 0.25) is 0 Å². The molecule has 15 rings (SSSR count). The molecule has 0 aliphatic rings. The molecule has 1 heterocycles. The fourth-order valence-electron chi connectivity index (χ4n) is 12.2. The smallest absolute Gasteiger partial charge is 0.0427 e. The number of hydrogen-bond acceptors (Lipinski definition) is 1. The van der Waals surface area contributed by atoms with Crippen molar-refractivity contribution in [1.82, 2.24) is 0 Å². The average Bonchev–Trinajstić information content (AvgIpc) is 3.94. The first kappa shape index (κ1) is 43.2. The molecular weight excluding hydrogens is 921 g/mol. The molecule has 0 amide bonds. The molecule has 1 heteroatoms. The van der Waals surface area contributed by atoms with Crippen molar-refractivity contribution >= 4 is 86.7 Å². The Bertz CT molecular complexity index is 4650. The van der Waals surface area contributed by atoms with E-state index in [2.05, 4.69) is 279 Å². The zero-order valence-electron chi connectivity index (χ0n) is 41.0. The van der Waals surface area contributed by atoms with Gasteiger partial charge in [-0.25, -0.2) is 0 Å². The van der Waals surface area contributed by atoms with Crippen molar-refractivity contribution in [3.8, 4) is 76.5 Å². The Kier molecular flexibility index (Phi) is 10.2. The van der Waals surface area contributed by atoms with Crippen LogP contribution in [0.15, 0.2) is 279 Å². The fraction of sp³-hybridized carbons (Fsp3) is 0. The maximum atomic E-state index is 2.43. The van der Waals surface area contributed by atoms with E-state index in [9.17, 15) is 0 Å². The number of thiophene rings is 1. The van der Waals surface area contributed by atoms with Gasteiger partial charge in [-0.1, -0.05) is 249 Å². The average molecular weight is 967 g/mol. The maximum absolute atomic E-state index is 2.43. The van der Waals surface area contributed by atoms with E-state index in [1.54, 1.807) is 0 Å². The van der Waals surface area contributed by atoms with Crippen LogP contribution in [0.3, 0.4) is 0 Å². The summed E-state index contributed by atoms with van der Waals surface area (Å²) in [6.07, 6.45) is 0. The normalized spacial score (nSPS) is 11.7. The molecule has 75 heavy (non-hydrogen) atoms. The van der Waals surface area contributed by atoms with Crippen LogP contribution >= 0.6 is 11.3 Å². The standard InChI is InChI=1S/C74H46S/c1-2-20-49(21-3-1)74-68(46-69(75-74)54-24-16-25-55(45-54)70-64-31-12-14-33-66(64)73(67-34-15-13-32-65(67)70)59-35-17-23-48-19-6-7-26-58(48)59)53-39-37-52-44-57(41-38-51(52)42-53)72-62-29-10-8-27-60(62)71(61-28-9-11-30-63(61)72)56-40-36-47-18-4-5-22-50(47)43-56/h1-46H. The van der Waals surface area contributed by atoms with Crippen molar-refractivity contribution < 1.29 is 0 Å². The Hall–Kier alpha value is -9.40. The van der Waals surface area contributed by atoms with Crippen molar-refractivity contribution in [2.24, 2.45) is 0 Å². The van der Waals surface area contributed by atoms with Gasteiger partial charge in [0.2, 0.25) is 0 Å². The fourth-order valence-corrected chi connectivity index (χ4v) is 13.4. The summed E-state index contributed by atoms with van der Waals surface area (Å²) in [7, 11) is 0. The van der Waals surface area contributed by atoms with Gasteiger partial charge in [0.25, 0.3) is 0 Å². The molecule has 0 fully saturated rings. The monoisotopic (exact) mass is 966 g/mol. The third-order valence-corrected chi connectivity index (χ3v) is 16.8. The third-order valence-electron chi connectivity index (χ3n) is 15.6. The molecular formula is C74H46S. The molecule has 348 valence electrons. The summed E-state index contributed by atoms with van der Waals surface area (Å²) < 4.78 is 0. The number of hydrogen-bond donors (Lipinski definition) is 0. The molecule has 0 radical (unpaired) electrons. The second-order valence-electron chi connectivity index (χ2n) is 19.8. The summed E-state index contributed by atoms with van der Waals surface area (Å²) in [6, 6.07) is 104. The Morgan fingerprint density at radius 3 is 1.13 bits per heavy atom. The van der Waals surface area contributed by atoms with E-state index in [0.717, 1.165) is 0 Å². The predicted octanol–water partition coefficient (Wildman–Crippen LogP) is 21.5. The van der Waals surface area contributed by atoms with E-state index in [1.165, 1.54) is 152 Å². The second-order valence-corrected chi connectivity index (χ2v) is 20.9. The van der Waals surface area contributed by atoms with Crippen LogP contribution in [-0.4, -0.2) is 0 Å². The molecule has 0 aliphatic heterocycles. The predicted molar refractivity (Wildman–Crippen MR) is 325 cm³/mol. The molecule has 0 atom stereocenters. The van der Waals surface area contributed by atoms with Crippen molar-refractivity contribution in [2.75, 3.05) is 0 Å². The zero-order valence-corrected chi connectivity index (χ0v) is 41.8. The van der Waals surface area contributed by atoms with Gasteiger partial charge in [-0.2, -0.15) is 0 Å². The minimum absolute atomic E-state index is 1.21. The number of benzene rings is 14. The van der Waals surface area contributed by atoms with Crippen molar-refractivity contribution in [2.45, 2.75) is 0 Å². The Balaban J connectivity index is 0.848. The molecule has 0 nitrogen and oxygen atoms in total. The lowest BCUT2D eigenvalue weighted by molar-refractivity contribution is 1.65. The molecule has 0 saturated carbocycles. The summed E-state index contributed by atoms with van der Waals surface area (Å²) in [5, 5.41) is 17.6. The van der Waals surface area contributed by atoms with E-state index in [1.807, 2.05) is 11.3 Å². The Morgan fingerprint density at radius 2 is 0.560 bits per heavy atom. The minimum Gasteiger partial charge on any atom is -0.135 e.